The zero-order valence-corrected chi connectivity index (χ0v) is 10.3. The first-order valence-corrected chi connectivity index (χ1v) is 5.58. The maximum Gasteiger partial charge on any atom is 0.346 e. The van der Waals surface area contributed by atoms with Crippen LogP contribution in [0.25, 0.3) is 0 Å². The van der Waals surface area contributed by atoms with Crippen molar-refractivity contribution in [1.29, 1.82) is 0 Å². The molecule has 0 aliphatic rings. The molecule has 0 radical (unpaired) electrons. The lowest BCUT2D eigenvalue weighted by Gasteiger charge is -2.05. The number of nitrogens with one attached hydrogen (secondary N) is 1. The number of carbonyl (C=O) groups is 1. The van der Waals surface area contributed by atoms with E-state index in [1.807, 2.05) is 19.9 Å². The Balaban J connectivity index is 2.80. The van der Waals surface area contributed by atoms with Crippen molar-refractivity contribution in [3.8, 4) is 0 Å². The molecule has 0 atom stereocenters. The van der Waals surface area contributed by atoms with E-state index in [0.29, 0.717) is 5.92 Å². The average Bonchev–Trinajstić information content (AvgIpc) is 2.60. The molecule has 1 rings (SSSR count). The van der Waals surface area contributed by atoms with Gasteiger partial charge in [0.25, 0.3) is 0 Å². The van der Waals surface area contributed by atoms with Gasteiger partial charge in [0.1, 0.15) is 0 Å². The molecule has 0 unspecified atom stereocenters. The number of carbonyl (C=O) groups excluding carboxylic acids is 1. The summed E-state index contributed by atoms with van der Waals surface area (Å²) in [7, 11) is 0. The number of rotatable bonds is 3. The molecule has 1 heterocycles. The number of aromatic nitrogens is 2. The Morgan fingerprint density at radius 2 is 2.31 bits per heavy atom. The Kier molecular flexibility index (Phi) is 4.28. The van der Waals surface area contributed by atoms with E-state index in [4.69, 9.17) is 0 Å². The maximum absolute atomic E-state index is 11.7. The lowest BCUT2D eigenvalue weighted by molar-refractivity contribution is 0.242. The van der Waals surface area contributed by atoms with Gasteiger partial charge in [0.05, 0.1) is 6.20 Å². The third-order valence-electron chi connectivity index (χ3n) is 2.42. The maximum atomic E-state index is 11.7. The quantitative estimate of drug-likeness (QED) is 0.853. The second kappa shape index (κ2) is 5.49. The number of amides is 1. The van der Waals surface area contributed by atoms with E-state index in [0.717, 1.165) is 17.7 Å². The van der Waals surface area contributed by atoms with E-state index in [1.54, 1.807) is 12.4 Å². The molecule has 4 nitrogen and oxygen atoms in total. The van der Waals surface area contributed by atoms with Gasteiger partial charge in [-0.15, -0.1) is 0 Å². The van der Waals surface area contributed by atoms with Crippen LogP contribution in [0.4, 0.5) is 4.79 Å². The van der Waals surface area contributed by atoms with Gasteiger partial charge in [0, 0.05) is 11.9 Å². The Morgan fingerprint density at radius 3 is 2.81 bits per heavy atom. The molecule has 0 bridgehead atoms. The van der Waals surface area contributed by atoms with Crippen LogP contribution in [-0.2, 0) is 0 Å². The van der Waals surface area contributed by atoms with Gasteiger partial charge >= 0.3 is 6.03 Å². The molecular weight excluding hydrogens is 202 g/mol. The van der Waals surface area contributed by atoms with Crippen LogP contribution in [-0.4, -0.2) is 15.8 Å². The second-order valence-corrected chi connectivity index (χ2v) is 4.01. The van der Waals surface area contributed by atoms with Crippen LogP contribution < -0.4 is 5.32 Å². The third-order valence-corrected chi connectivity index (χ3v) is 2.42. The molecule has 16 heavy (non-hydrogen) atoms. The van der Waals surface area contributed by atoms with Crippen LogP contribution in [0, 0.1) is 6.92 Å². The molecule has 0 fully saturated rings. The molecular formula is C12H19N3O. The molecule has 0 saturated carbocycles. The summed E-state index contributed by atoms with van der Waals surface area (Å²) in [6, 6.07) is -0.214. The Labute approximate surface area is 96.3 Å². The van der Waals surface area contributed by atoms with E-state index >= 15 is 0 Å². The zero-order chi connectivity index (χ0) is 12.1. The van der Waals surface area contributed by atoms with Crippen LogP contribution in [0.3, 0.4) is 0 Å². The summed E-state index contributed by atoms with van der Waals surface area (Å²) in [5.41, 5.74) is 2.01. The highest BCUT2D eigenvalue weighted by molar-refractivity contribution is 5.77. The molecule has 1 aromatic rings. The summed E-state index contributed by atoms with van der Waals surface area (Å²) < 4.78 is 1.40. The van der Waals surface area contributed by atoms with Crippen molar-refractivity contribution >= 4 is 6.03 Å². The SMILES string of the molecule is CC/C=C/NC(=O)n1ncc(C(C)C)c1C. The predicted molar refractivity (Wildman–Crippen MR) is 64.4 cm³/mol. The number of hydrogen-bond donors (Lipinski definition) is 1. The Bertz CT molecular complexity index is 391. The summed E-state index contributed by atoms with van der Waals surface area (Å²) in [5.74, 6) is 0.382. The largest absolute Gasteiger partial charge is 0.346 e. The minimum Gasteiger partial charge on any atom is -0.313 e. The van der Waals surface area contributed by atoms with Crippen molar-refractivity contribution in [2.24, 2.45) is 0 Å². The first-order chi connectivity index (χ1) is 7.57. The van der Waals surface area contributed by atoms with Crippen molar-refractivity contribution in [3.63, 3.8) is 0 Å². The van der Waals surface area contributed by atoms with Crippen molar-refractivity contribution in [2.45, 2.75) is 40.0 Å². The molecule has 0 aromatic carbocycles. The first kappa shape index (κ1) is 12.5. The summed E-state index contributed by atoms with van der Waals surface area (Å²) in [5, 5.41) is 6.76. The molecule has 0 saturated heterocycles. The summed E-state index contributed by atoms with van der Waals surface area (Å²) >= 11 is 0. The van der Waals surface area contributed by atoms with E-state index in [-0.39, 0.29) is 6.03 Å². The highest BCUT2D eigenvalue weighted by Crippen LogP contribution is 2.17. The van der Waals surface area contributed by atoms with Crippen LogP contribution >= 0.6 is 0 Å². The van der Waals surface area contributed by atoms with Gasteiger partial charge in [0.15, 0.2) is 0 Å². The van der Waals surface area contributed by atoms with Gasteiger partial charge in [-0.1, -0.05) is 26.8 Å². The highest BCUT2D eigenvalue weighted by atomic mass is 16.2. The Hall–Kier alpha value is -1.58. The third kappa shape index (κ3) is 2.72. The van der Waals surface area contributed by atoms with E-state index in [9.17, 15) is 4.79 Å². The van der Waals surface area contributed by atoms with Crippen molar-refractivity contribution in [2.75, 3.05) is 0 Å². The standard InChI is InChI=1S/C12H19N3O/c1-5-6-7-13-12(16)15-10(4)11(8-14-15)9(2)3/h6-9H,5H2,1-4H3,(H,13,16)/b7-6+. The number of allylic oxidation sites excluding steroid dienone is 1. The average molecular weight is 221 g/mol. The Morgan fingerprint density at radius 1 is 1.62 bits per heavy atom. The molecule has 1 aromatic heterocycles. The van der Waals surface area contributed by atoms with Crippen molar-refractivity contribution < 1.29 is 4.79 Å². The first-order valence-electron chi connectivity index (χ1n) is 5.58. The van der Waals surface area contributed by atoms with Gasteiger partial charge in [-0.25, -0.2) is 4.79 Å². The molecule has 1 amide bonds. The van der Waals surface area contributed by atoms with Crippen molar-refractivity contribution in [3.05, 3.63) is 29.7 Å². The lowest BCUT2D eigenvalue weighted by Crippen LogP contribution is -2.25. The molecule has 0 aliphatic heterocycles. The summed E-state index contributed by atoms with van der Waals surface area (Å²) in [6.07, 6.45) is 6.19. The molecule has 1 N–H and O–H groups in total. The van der Waals surface area contributed by atoms with Crippen molar-refractivity contribution in [1.82, 2.24) is 15.1 Å². The van der Waals surface area contributed by atoms with Gasteiger partial charge in [-0.2, -0.15) is 9.78 Å². The van der Waals surface area contributed by atoms with Gasteiger partial charge in [-0.05, 0) is 24.8 Å². The van der Waals surface area contributed by atoms with Gasteiger partial charge in [0.2, 0.25) is 0 Å². The molecule has 0 spiro atoms. The van der Waals surface area contributed by atoms with E-state index in [1.165, 1.54) is 4.68 Å². The number of hydrogen-bond acceptors (Lipinski definition) is 2. The minimum absolute atomic E-state index is 0.214. The van der Waals surface area contributed by atoms with Gasteiger partial charge in [-0.3, -0.25) is 0 Å². The predicted octanol–water partition coefficient (Wildman–Crippen LogP) is 2.80. The topological polar surface area (TPSA) is 46.9 Å². The smallest absolute Gasteiger partial charge is 0.313 e. The second-order valence-electron chi connectivity index (χ2n) is 4.01. The van der Waals surface area contributed by atoms with Crippen LogP contribution in [0.1, 0.15) is 44.4 Å². The normalized spacial score (nSPS) is 11.3. The summed E-state index contributed by atoms with van der Waals surface area (Å²) in [6.45, 7) is 8.09. The van der Waals surface area contributed by atoms with E-state index in [2.05, 4.69) is 24.3 Å². The minimum atomic E-state index is -0.214. The van der Waals surface area contributed by atoms with Gasteiger partial charge < -0.3 is 5.32 Å². The summed E-state index contributed by atoms with van der Waals surface area (Å²) in [4.78, 5) is 11.7. The van der Waals surface area contributed by atoms with E-state index < -0.39 is 0 Å². The monoisotopic (exact) mass is 221 g/mol. The fraction of sp³-hybridized carbons (Fsp3) is 0.500. The van der Waals surface area contributed by atoms with Crippen LogP contribution in [0.2, 0.25) is 0 Å². The molecule has 4 heteroatoms. The fourth-order valence-electron chi connectivity index (χ4n) is 1.50. The molecule has 0 aliphatic carbocycles. The highest BCUT2D eigenvalue weighted by Gasteiger charge is 2.13. The fourth-order valence-corrected chi connectivity index (χ4v) is 1.50. The molecule has 88 valence electrons. The number of nitrogens with zero attached hydrogens (tertiary/aromatic N) is 2. The zero-order valence-electron chi connectivity index (χ0n) is 10.3. The lowest BCUT2D eigenvalue weighted by atomic mass is 10.1. The van der Waals surface area contributed by atoms with Crippen LogP contribution in [0.15, 0.2) is 18.5 Å². The van der Waals surface area contributed by atoms with Crippen LogP contribution in [0.5, 0.6) is 0 Å².